The second-order valence-corrected chi connectivity index (χ2v) is 5.99. The van der Waals surface area contributed by atoms with E-state index in [0.29, 0.717) is 6.42 Å². The summed E-state index contributed by atoms with van der Waals surface area (Å²) in [6.07, 6.45) is 0.999. The molecule has 0 aliphatic heterocycles. The number of aliphatic hydroxyl groups excluding tert-OH is 1. The minimum absolute atomic E-state index is 0.261. The number of thiophene rings is 1. The number of halogens is 2. The van der Waals surface area contributed by atoms with Crippen LogP contribution in [0.1, 0.15) is 23.0 Å². The molecular weight excluding hydrogens is 350 g/mol. The van der Waals surface area contributed by atoms with Gasteiger partial charge in [-0.1, -0.05) is 12.1 Å². The van der Waals surface area contributed by atoms with Gasteiger partial charge in [0.05, 0.1) is 6.10 Å². The summed E-state index contributed by atoms with van der Waals surface area (Å²) < 4.78 is 13.7. The van der Waals surface area contributed by atoms with Gasteiger partial charge in [-0.2, -0.15) is 0 Å². The van der Waals surface area contributed by atoms with E-state index in [0.717, 1.165) is 15.6 Å². The molecule has 0 fully saturated rings. The molecule has 90 valence electrons. The van der Waals surface area contributed by atoms with Crippen LogP contribution in [0.2, 0.25) is 0 Å². The molecule has 0 spiro atoms. The molecule has 0 saturated heterocycles. The Bertz CT molecular complexity index is 484. The zero-order valence-electron chi connectivity index (χ0n) is 9.07. The molecule has 1 unspecified atom stereocenters. The molecule has 2 aromatic rings. The van der Waals surface area contributed by atoms with Gasteiger partial charge >= 0.3 is 0 Å². The molecule has 0 radical (unpaired) electrons. The molecule has 0 aliphatic carbocycles. The summed E-state index contributed by atoms with van der Waals surface area (Å²) in [6, 6.07) is 8.58. The SMILES string of the molecule is OC(CCc1cccs1)c1ccc(F)cc1I. The number of hydrogen-bond donors (Lipinski definition) is 1. The fraction of sp³-hybridized carbons (Fsp3) is 0.231. The van der Waals surface area contributed by atoms with E-state index in [-0.39, 0.29) is 5.82 Å². The van der Waals surface area contributed by atoms with Crippen molar-refractivity contribution < 1.29 is 9.50 Å². The van der Waals surface area contributed by atoms with Crippen molar-refractivity contribution in [3.8, 4) is 0 Å². The van der Waals surface area contributed by atoms with Crippen molar-refractivity contribution in [2.24, 2.45) is 0 Å². The average Bonchev–Trinajstić information content (AvgIpc) is 2.78. The van der Waals surface area contributed by atoms with Gasteiger partial charge in [-0.05, 0) is 64.6 Å². The molecule has 1 heterocycles. The first-order valence-electron chi connectivity index (χ1n) is 5.32. The summed E-state index contributed by atoms with van der Waals surface area (Å²) >= 11 is 3.75. The highest BCUT2D eigenvalue weighted by Gasteiger charge is 2.12. The van der Waals surface area contributed by atoms with Crippen LogP contribution in [0.25, 0.3) is 0 Å². The number of rotatable bonds is 4. The molecule has 1 nitrogen and oxygen atoms in total. The maximum atomic E-state index is 12.9. The minimum Gasteiger partial charge on any atom is -0.388 e. The van der Waals surface area contributed by atoms with E-state index in [1.807, 2.05) is 11.4 Å². The second-order valence-electron chi connectivity index (χ2n) is 3.80. The van der Waals surface area contributed by atoms with E-state index in [1.165, 1.54) is 17.0 Å². The molecule has 1 atom stereocenters. The lowest BCUT2D eigenvalue weighted by molar-refractivity contribution is 0.167. The fourth-order valence-electron chi connectivity index (χ4n) is 1.66. The zero-order valence-corrected chi connectivity index (χ0v) is 12.0. The summed E-state index contributed by atoms with van der Waals surface area (Å²) in [4.78, 5) is 1.26. The van der Waals surface area contributed by atoms with Crippen LogP contribution in [0.5, 0.6) is 0 Å². The van der Waals surface area contributed by atoms with E-state index < -0.39 is 6.10 Å². The van der Waals surface area contributed by atoms with Gasteiger partial charge < -0.3 is 5.11 Å². The monoisotopic (exact) mass is 362 g/mol. The van der Waals surface area contributed by atoms with Crippen LogP contribution in [0.3, 0.4) is 0 Å². The molecule has 1 aromatic carbocycles. The molecule has 0 bridgehead atoms. The van der Waals surface area contributed by atoms with Crippen LogP contribution in [0, 0.1) is 9.39 Å². The Morgan fingerprint density at radius 1 is 1.35 bits per heavy atom. The lowest BCUT2D eigenvalue weighted by atomic mass is 10.0. The normalized spacial score (nSPS) is 12.6. The third-order valence-electron chi connectivity index (χ3n) is 2.57. The van der Waals surface area contributed by atoms with E-state index in [2.05, 4.69) is 28.7 Å². The number of benzene rings is 1. The Hall–Kier alpha value is -0.460. The highest BCUT2D eigenvalue weighted by atomic mass is 127. The summed E-state index contributed by atoms with van der Waals surface area (Å²) in [5, 5.41) is 12.1. The van der Waals surface area contributed by atoms with Crippen molar-refractivity contribution in [3.05, 3.63) is 55.5 Å². The highest BCUT2D eigenvalue weighted by molar-refractivity contribution is 14.1. The number of hydrogen-bond acceptors (Lipinski definition) is 2. The van der Waals surface area contributed by atoms with Gasteiger partial charge in [-0.15, -0.1) is 11.3 Å². The van der Waals surface area contributed by atoms with Crippen LogP contribution in [0.15, 0.2) is 35.7 Å². The van der Waals surface area contributed by atoms with Gasteiger partial charge in [0.1, 0.15) is 5.82 Å². The van der Waals surface area contributed by atoms with Gasteiger partial charge in [0.2, 0.25) is 0 Å². The van der Waals surface area contributed by atoms with E-state index in [4.69, 9.17) is 0 Å². The summed E-state index contributed by atoms with van der Waals surface area (Å²) in [7, 11) is 0. The first kappa shape index (κ1) is 13.0. The van der Waals surface area contributed by atoms with Gasteiger partial charge in [0.25, 0.3) is 0 Å². The third-order valence-corrected chi connectivity index (χ3v) is 4.44. The van der Waals surface area contributed by atoms with Crippen LogP contribution < -0.4 is 0 Å². The van der Waals surface area contributed by atoms with Crippen molar-refractivity contribution in [3.63, 3.8) is 0 Å². The number of aryl methyl sites for hydroxylation is 1. The molecule has 2 rings (SSSR count). The van der Waals surface area contributed by atoms with Crippen molar-refractivity contribution in [2.45, 2.75) is 18.9 Å². The Kier molecular flexibility index (Phi) is 4.53. The maximum absolute atomic E-state index is 12.9. The Balaban J connectivity index is 2.01. The first-order valence-corrected chi connectivity index (χ1v) is 7.28. The predicted molar refractivity (Wildman–Crippen MR) is 76.7 cm³/mol. The van der Waals surface area contributed by atoms with Crippen molar-refractivity contribution >= 4 is 33.9 Å². The minimum atomic E-state index is -0.524. The second kappa shape index (κ2) is 5.93. The number of aliphatic hydroxyl groups is 1. The van der Waals surface area contributed by atoms with E-state index in [9.17, 15) is 9.50 Å². The van der Waals surface area contributed by atoms with Crippen LogP contribution in [-0.2, 0) is 6.42 Å². The molecule has 0 aliphatic rings. The van der Waals surface area contributed by atoms with Gasteiger partial charge in [-0.25, -0.2) is 4.39 Å². The van der Waals surface area contributed by atoms with Crippen LogP contribution in [0.4, 0.5) is 4.39 Å². The van der Waals surface area contributed by atoms with Gasteiger partial charge in [-0.3, -0.25) is 0 Å². The van der Waals surface area contributed by atoms with Crippen LogP contribution in [-0.4, -0.2) is 5.11 Å². The van der Waals surface area contributed by atoms with Crippen molar-refractivity contribution in [1.82, 2.24) is 0 Å². The zero-order chi connectivity index (χ0) is 12.3. The smallest absolute Gasteiger partial charge is 0.124 e. The molecule has 1 N–H and O–H groups in total. The van der Waals surface area contributed by atoms with E-state index in [1.54, 1.807) is 17.4 Å². The Morgan fingerprint density at radius 2 is 2.18 bits per heavy atom. The lowest BCUT2D eigenvalue weighted by Gasteiger charge is -2.12. The van der Waals surface area contributed by atoms with Gasteiger partial charge in [0, 0.05) is 8.45 Å². The predicted octanol–water partition coefficient (Wildman–Crippen LogP) is 4.16. The summed E-state index contributed by atoms with van der Waals surface area (Å²) in [5.41, 5.74) is 0.809. The average molecular weight is 362 g/mol. The largest absolute Gasteiger partial charge is 0.388 e. The van der Waals surface area contributed by atoms with Crippen LogP contribution >= 0.6 is 33.9 Å². The molecule has 1 aromatic heterocycles. The third kappa shape index (κ3) is 3.50. The molecule has 17 heavy (non-hydrogen) atoms. The summed E-state index contributed by atoms with van der Waals surface area (Å²) in [6.45, 7) is 0. The first-order chi connectivity index (χ1) is 8.16. The van der Waals surface area contributed by atoms with Crippen molar-refractivity contribution in [2.75, 3.05) is 0 Å². The Labute approximate surface area is 117 Å². The molecule has 4 heteroatoms. The standard InChI is InChI=1S/C13H12FIOS/c14-9-3-5-11(12(15)8-9)13(16)6-4-10-2-1-7-17-10/h1-3,5,7-8,13,16H,4,6H2. The lowest BCUT2D eigenvalue weighted by Crippen LogP contribution is -2.01. The maximum Gasteiger partial charge on any atom is 0.124 e. The Morgan fingerprint density at radius 3 is 2.82 bits per heavy atom. The van der Waals surface area contributed by atoms with E-state index >= 15 is 0 Å². The molecule has 0 amide bonds. The molecular formula is C13H12FIOS. The highest BCUT2D eigenvalue weighted by Crippen LogP contribution is 2.25. The molecule has 0 saturated carbocycles. The fourth-order valence-corrected chi connectivity index (χ4v) is 3.22. The van der Waals surface area contributed by atoms with Gasteiger partial charge in [0.15, 0.2) is 0 Å². The topological polar surface area (TPSA) is 20.2 Å². The summed E-state index contributed by atoms with van der Waals surface area (Å²) in [5.74, 6) is -0.261. The quantitative estimate of drug-likeness (QED) is 0.810. The van der Waals surface area contributed by atoms with Crippen molar-refractivity contribution in [1.29, 1.82) is 0 Å².